The van der Waals surface area contributed by atoms with Gasteiger partial charge in [0.2, 0.25) is 0 Å². The van der Waals surface area contributed by atoms with Crippen molar-refractivity contribution in [2.75, 3.05) is 49.0 Å². The molecule has 2 aliphatic heterocycles. The lowest BCUT2D eigenvalue weighted by Gasteiger charge is -2.31. The van der Waals surface area contributed by atoms with Crippen molar-refractivity contribution in [1.82, 2.24) is 10.6 Å². The summed E-state index contributed by atoms with van der Waals surface area (Å²) in [6, 6.07) is 11.9. The van der Waals surface area contributed by atoms with Crippen LogP contribution in [0.4, 0.5) is 11.4 Å². The number of anilines is 2. The lowest BCUT2D eigenvalue weighted by Crippen LogP contribution is -2.43. The fraction of sp³-hybridized carbons (Fsp3) is 0.435. The third-order valence-corrected chi connectivity index (χ3v) is 7.19. The highest BCUT2D eigenvalue weighted by atomic mass is 32.2. The monoisotopic (exact) mass is 458 g/mol. The number of nitrogens with one attached hydrogen (secondary N) is 3. The zero-order valence-corrected chi connectivity index (χ0v) is 19.1. The summed E-state index contributed by atoms with van der Waals surface area (Å²) in [6.45, 7) is 6.22. The Kier molecular flexibility index (Phi) is 6.98. The predicted octanol–water partition coefficient (Wildman–Crippen LogP) is 2.11. The number of ether oxygens (including phenoxy) is 1. The number of carbonyl (C=O) groups is 1. The van der Waals surface area contributed by atoms with Crippen molar-refractivity contribution in [3.8, 4) is 0 Å². The number of piperazine rings is 1. The molecule has 2 saturated heterocycles. The van der Waals surface area contributed by atoms with Gasteiger partial charge in [0, 0.05) is 44.9 Å². The second kappa shape index (κ2) is 9.89. The summed E-state index contributed by atoms with van der Waals surface area (Å²) in [5.74, 6) is -0.247. The molecule has 0 radical (unpaired) electrons. The van der Waals surface area contributed by atoms with E-state index in [2.05, 4.69) is 20.3 Å². The normalized spacial score (nSPS) is 19.0. The van der Waals surface area contributed by atoms with Crippen LogP contribution in [0.25, 0.3) is 0 Å². The van der Waals surface area contributed by atoms with Crippen molar-refractivity contribution in [3.05, 3.63) is 53.6 Å². The van der Waals surface area contributed by atoms with E-state index in [9.17, 15) is 13.2 Å². The highest BCUT2D eigenvalue weighted by Crippen LogP contribution is 2.30. The topological polar surface area (TPSA) is 99.8 Å². The highest BCUT2D eigenvalue weighted by Gasteiger charge is 2.22. The molecule has 2 aromatic rings. The van der Waals surface area contributed by atoms with E-state index in [4.69, 9.17) is 4.74 Å². The summed E-state index contributed by atoms with van der Waals surface area (Å²) in [5.41, 5.74) is 2.55. The molecule has 2 aromatic carbocycles. The molecule has 0 bridgehead atoms. The van der Waals surface area contributed by atoms with Crippen LogP contribution in [-0.2, 0) is 14.8 Å². The minimum atomic E-state index is -3.80. The maximum absolute atomic E-state index is 13.1. The van der Waals surface area contributed by atoms with Gasteiger partial charge in [-0.15, -0.1) is 0 Å². The second-order valence-corrected chi connectivity index (χ2v) is 9.91. The van der Waals surface area contributed by atoms with E-state index in [1.54, 1.807) is 36.4 Å². The van der Waals surface area contributed by atoms with Crippen LogP contribution in [0.2, 0.25) is 0 Å². The zero-order chi connectivity index (χ0) is 22.6. The molecule has 8 nitrogen and oxygen atoms in total. The number of carbonyl (C=O) groups excluding carboxylic acids is 1. The third kappa shape index (κ3) is 5.40. The van der Waals surface area contributed by atoms with Crippen LogP contribution in [-0.4, -0.2) is 59.8 Å². The van der Waals surface area contributed by atoms with Crippen LogP contribution in [0.3, 0.4) is 0 Å². The molecule has 1 atom stereocenters. The Bertz CT molecular complexity index is 1040. The minimum absolute atomic E-state index is 0.0404. The van der Waals surface area contributed by atoms with E-state index >= 15 is 0 Å². The van der Waals surface area contributed by atoms with Gasteiger partial charge in [0.15, 0.2) is 0 Å². The fourth-order valence-electron chi connectivity index (χ4n) is 3.98. The van der Waals surface area contributed by atoms with E-state index in [1.165, 1.54) is 0 Å². The van der Waals surface area contributed by atoms with Gasteiger partial charge in [-0.05, 0) is 50.1 Å². The Morgan fingerprint density at radius 1 is 1.16 bits per heavy atom. The Morgan fingerprint density at radius 3 is 2.59 bits per heavy atom. The van der Waals surface area contributed by atoms with Crippen LogP contribution in [0, 0.1) is 6.92 Å². The molecular weight excluding hydrogens is 428 g/mol. The Balaban J connectivity index is 1.59. The molecule has 1 amide bonds. The molecule has 2 aliphatic rings. The molecule has 3 N–H and O–H groups in total. The summed E-state index contributed by atoms with van der Waals surface area (Å²) in [5, 5.41) is 6.20. The van der Waals surface area contributed by atoms with E-state index in [1.807, 2.05) is 13.0 Å². The van der Waals surface area contributed by atoms with Gasteiger partial charge in [0.05, 0.1) is 22.4 Å². The largest absolute Gasteiger partial charge is 0.376 e. The molecular formula is C23H30N4O4S. The van der Waals surface area contributed by atoms with Gasteiger partial charge < -0.3 is 20.3 Å². The second-order valence-electron chi connectivity index (χ2n) is 8.23. The molecule has 0 aliphatic carbocycles. The molecule has 172 valence electrons. The van der Waals surface area contributed by atoms with Gasteiger partial charge >= 0.3 is 0 Å². The van der Waals surface area contributed by atoms with Crippen molar-refractivity contribution in [2.45, 2.75) is 30.8 Å². The lowest BCUT2D eigenvalue weighted by atomic mass is 10.1. The third-order valence-electron chi connectivity index (χ3n) is 5.81. The maximum atomic E-state index is 13.1. The van der Waals surface area contributed by atoms with Gasteiger partial charge in [0.25, 0.3) is 15.9 Å². The first-order valence-electron chi connectivity index (χ1n) is 11.0. The maximum Gasteiger partial charge on any atom is 0.261 e. The van der Waals surface area contributed by atoms with Crippen LogP contribution >= 0.6 is 0 Å². The number of sulfonamides is 1. The molecule has 0 aromatic heterocycles. The number of aryl methyl sites for hydroxylation is 1. The lowest BCUT2D eigenvalue weighted by molar-refractivity contribution is 0.0858. The van der Waals surface area contributed by atoms with E-state index in [0.29, 0.717) is 17.8 Å². The summed E-state index contributed by atoms with van der Waals surface area (Å²) in [4.78, 5) is 15.1. The summed E-state index contributed by atoms with van der Waals surface area (Å²) >= 11 is 0. The average Bonchev–Trinajstić information content (AvgIpc) is 3.32. The first kappa shape index (κ1) is 22.6. The quantitative estimate of drug-likeness (QED) is 0.588. The van der Waals surface area contributed by atoms with E-state index in [-0.39, 0.29) is 16.9 Å². The fourth-order valence-corrected chi connectivity index (χ4v) is 5.04. The molecule has 32 heavy (non-hydrogen) atoms. The molecule has 2 heterocycles. The van der Waals surface area contributed by atoms with Gasteiger partial charge in [-0.25, -0.2) is 8.42 Å². The Labute approximate surface area is 189 Å². The van der Waals surface area contributed by atoms with Gasteiger partial charge in [-0.3, -0.25) is 9.52 Å². The molecule has 0 saturated carbocycles. The number of amides is 1. The Morgan fingerprint density at radius 2 is 1.91 bits per heavy atom. The SMILES string of the molecule is Cc1ccc(S(=O)(=O)Nc2cc(C(=O)NC[C@@H]3CCCO3)ccc2N2CCNCC2)cc1. The first-order valence-corrected chi connectivity index (χ1v) is 12.5. The predicted molar refractivity (Wildman–Crippen MR) is 125 cm³/mol. The van der Waals surface area contributed by atoms with Gasteiger partial charge in [-0.1, -0.05) is 17.7 Å². The standard InChI is InChI=1S/C23H30N4O4S/c1-17-4-7-20(8-5-17)32(29,30)26-21-15-18(23(28)25-16-19-3-2-14-31-19)6-9-22(21)27-12-10-24-11-13-27/h4-9,15,19,24,26H,2-3,10-14,16H2,1H3,(H,25,28)/t19-/m0/s1. The summed E-state index contributed by atoms with van der Waals surface area (Å²) in [6.07, 6.45) is 1.98. The van der Waals surface area contributed by atoms with E-state index < -0.39 is 10.0 Å². The van der Waals surface area contributed by atoms with Crippen molar-refractivity contribution in [2.24, 2.45) is 0 Å². The van der Waals surface area contributed by atoms with Gasteiger partial charge in [0.1, 0.15) is 0 Å². The average molecular weight is 459 g/mol. The van der Waals surface area contributed by atoms with Crippen molar-refractivity contribution >= 4 is 27.3 Å². The number of hydrogen-bond acceptors (Lipinski definition) is 6. The first-order chi connectivity index (χ1) is 15.4. The van der Waals surface area contributed by atoms with Gasteiger partial charge in [-0.2, -0.15) is 0 Å². The number of hydrogen-bond donors (Lipinski definition) is 3. The van der Waals surface area contributed by atoms with Crippen LogP contribution in [0.15, 0.2) is 47.4 Å². The molecule has 0 unspecified atom stereocenters. The molecule has 2 fully saturated rings. The summed E-state index contributed by atoms with van der Waals surface area (Å²) < 4.78 is 34.4. The van der Waals surface area contributed by atoms with Crippen LogP contribution in [0.5, 0.6) is 0 Å². The zero-order valence-electron chi connectivity index (χ0n) is 18.3. The Hall–Kier alpha value is -2.62. The molecule has 4 rings (SSSR count). The van der Waals surface area contributed by atoms with Crippen molar-refractivity contribution in [1.29, 1.82) is 0 Å². The van der Waals surface area contributed by atoms with Crippen LogP contribution < -0.4 is 20.3 Å². The van der Waals surface area contributed by atoms with Crippen LogP contribution in [0.1, 0.15) is 28.8 Å². The number of rotatable bonds is 7. The van der Waals surface area contributed by atoms with Crippen molar-refractivity contribution < 1.29 is 17.9 Å². The number of nitrogens with zero attached hydrogens (tertiary/aromatic N) is 1. The number of benzene rings is 2. The van der Waals surface area contributed by atoms with E-state index in [0.717, 1.165) is 56.9 Å². The minimum Gasteiger partial charge on any atom is -0.376 e. The molecule has 0 spiro atoms. The summed E-state index contributed by atoms with van der Waals surface area (Å²) in [7, 11) is -3.80. The molecule has 9 heteroatoms. The van der Waals surface area contributed by atoms with Crippen molar-refractivity contribution in [3.63, 3.8) is 0 Å². The smallest absolute Gasteiger partial charge is 0.261 e. The highest BCUT2D eigenvalue weighted by molar-refractivity contribution is 7.92.